The van der Waals surface area contributed by atoms with Crippen molar-refractivity contribution in [2.45, 2.75) is 52.3 Å². The van der Waals surface area contributed by atoms with Crippen LogP contribution in [0.1, 0.15) is 55.5 Å². The van der Waals surface area contributed by atoms with Crippen molar-refractivity contribution in [3.8, 4) is 5.75 Å². The Kier molecular flexibility index (Phi) is 9.77. The van der Waals surface area contributed by atoms with E-state index in [9.17, 15) is 27.6 Å². The number of hydrogen-bond donors (Lipinski definition) is 3. The van der Waals surface area contributed by atoms with Gasteiger partial charge in [-0.3, -0.25) is 14.4 Å². The molecule has 1 aliphatic carbocycles. The van der Waals surface area contributed by atoms with Crippen LogP contribution in [-0.2, 0) is 16.0 Å². The van der Waals surface area contributed by atoms with Crippen LogP contribution in [0.5, 0.6) is 5.75 Å². The Morgan fingerprint density at radius 2 is 1.58 bits per heavy atom. The van der Waals surface area contributed by atoms with E-state index in [0.717, 1.165) is 37.0 Å². The van der Waals surface area contributed by atoms with Crippen LogP contribution in [0.4, 0.5) is 18.9 Å². The molecule has 3 atom stereocenters. The smallest absolute Gasteiger partial charge is 0.481 e. The maximum Gasteiger partial charge on any atom is 0.573 e. The van der Waals surface area contributed by atoms with Crippen LogP contribution in [-0.4, -0.2) is 35.8 Å². The maximum atomic E-state index is 13.5. The third kappa shape index (κ3) is 9.08. The van der Waals surface area contributed by atoms with Crippen molar-refractivity contribution in [1.29, 1.82) is 0 Å². The van der Waals surface area contributed by atoms with Crippen LogP contribution in [0.3, 0.4) is 0 Å². The fraction of sp³-hybridized carbons (Fsp3) is 0.464. The highest BCUT2D eigenvalue weighted by Crippen LogP contribution is 2.39. The van der Waals surface area contributed by atoms with E-state index in [2.05, 4.69) is 29.2 Å². The fourth-order valence-electron chi connectivity index (χ4n) is 5.22. The van der Waals surface area contributed by atoms with Gasteiger partial charge in [-0.2, -0.15) is 0 Å². The second-order valence-corrected chi connectivity index (χ2v) is 10.1. The van der Waals surface area contributed by atoms with Crippen LogP contribution >= 0.6 is 0 Å². The van der Waals surface area contributed by atoms with Crippen molar-refractivity contribution < 1.29 is 37.4 Å². The molecule has 10 heteroatoms. The van der Waals surface area contributed by atoms with Crippen molar-refractivity contribution in [2.75, 3.05) is 11.9 Å². The summed E-state index contributed by atoms with van der Waals surface area (Å²) in [4.78, 5) is 36.3. The number of nitrogens with one attached hydrogen (secondary N) is 2. The van der Waals surface area contributed by atoms with Gasteiger partial charge in [0.2, 0.25) is 5.91 Å². The van der Waals surface area contributed by atoms with E-state index < -0.39 is 12.3 Å². The minimum Gasteiger partial charge on any atom is -0.481 e. The second-order valence-electron chi connectivity index (χ2n) is 10.1. The molecule has 38 heavy (non-hydrogen) atoms. The van der Waals surface area contributed by atoms with Gasteiger partial charge in [0.15, 0.2) is 0 Å². The lowest BCUT2D eigenvalue weighted by atomic mass is 9.70. The van der Waals surface area contributed by atoms with Gasteiger partial charge in [-0.15, -0.1) is 13.2 Å². The number of carboxylic acids is 1. The third-order valence-corrected chi connectivity index (χ3v) is 6.77. The molecule has 0 heterocycles. The summed E-state index contributed by atoms with van der Waals surface area (Å²) in [5, 5.41) is 14.1. The average Bonchev–Trinajstić information content (AvgIpc) is 2.82. The molecule has 7 nitrogen and oxygen atoms in total. The summed E-state index contributed by atoms with van der Waals surface area (Å²) in [6.07, 6.45) is -1.64. The number of carbonyl (C=O) groups excluding carboxylic acids is 2. The van der Waals surface area contributed by atoms with Gasteiger partial charge in [0.25, 0.3) is 5.91 Å². The summed E-state index contributed by atoms with van der Waals surface area (Å²) in [6.45, 7) is 4.38. The highest BCUT2D eigenvalue weighted by Gasteiger charge is 2.34. The predicted molar refractivity (Wildman–Crippen MR) is 136 cm³/mol. The van der Waals surface area contributed by atoms with Crippen LogP contribution < -0.4 is 15.4 Å². The molecule has 3 N–H and O–H groups in total. The number of halogens is 3. The molecule has 1 fully saturated rings. The van der Waals surface area contributed by atoms with Gasteiger partial charge in [-0.05, 0) is 85.4 Å². The summed E-state index contributed by atoms with van der Waals surface area (Å²) in [5.74, 6) is -1.27. The quantitative estimate of drug-likeness (QED) is 0.365. The first-order valence-electron chi connectivity index (χ1n) is 12.6. The van der Waals surface area contributed by atoms with Gasteiger partial charge in [0.1, 0.15) is 5.75 Å². The number of amides is 2. The third-order valence-electron chi connectivity index (χ3n) is 6.77. The molecule has 2 aromatic rings. The number of carboxylic acid groups (broad SMARTS) is 1. The van der Waals surface area contributed by atoms with Gasteiger partial charge in [0, 0.05) is 23.7 Å². The number of ether oxygens (including phenoxy) is 1. The summed E-state index contributed by atoms with van der Waals surface area (Å²) >= 11 is 0. The van der Waals surface area contributed by atoms with Crippen molar-refractivity contribution in [2.24, 2.45) is 23.7 Å². The Bertz CT molecular complexity index is 1090. The minimum absolute atomic E-state index is 0.0273. The van der Waals surface area contributed by atoms with Crippen LogP contribution in [0, 0.1) is 23.7 Å². The highest BCUT2D eigenvalue weighted by atomic mass is 19.4. The Morgan fingerprint density at radius 1 is 0.974 bits per heavy atom. The van der Waals surface area contributed by atoms with Crippen molar-refractivity contribution in [3.05, 3.63) is 59.7 Å². The Morgan fingerprint density at radius 3 is 2.13 bits per heavy atom. The van der Waals surface area contributed by atoms with Gasteiger partial charge in [0.05, 0.1) is 6.42 Å². The first-order valence-corrected chi connectivity index (χ1v) is 12.6. The lowest BCUT2D eigenvalue weighted by Gasteiger charge is -2.36. The average molecular weight is 535 g/mol. The van der Waals surface area contributed by atoms with Crippen LogP contribution in [0.2, 0.25) is 0 Å². The normalized spacial score (nSPS) is 20.3. The van der Waals surface area contributed by atoms with E-state index in [0.29, 0.717) is 29.5 Å². The van der Waals surface area contributed by atoms with Crippen LogP contribution in [0.25, 0.3) is 0 Å². The van der Waals surface area contributed by atoms with Crippen LogP contribution in [0.15, 0.2) is 48.5 Å². The van der Waals surface area contributed by atoms with E-state index in [1.54, 1.807) is 24.3 Å². The minimum atomic E-state index is -4.79. The summed E-state index contributed by atoms with van der Waals surface area (Å²) < 4.78 is 41.3. The molecule has 0 spiro atoms. The zero-order valence-electron chi connectivity index (χ0n) is 21.4. The molecule has 2 amide bonds. The molecule has 0 bridgehead atoms. The van der Waals surface area contributed by atoms with E-state index in [-0.39, 0.29) is 42.4 Å². The molecule has 206 valence electrons. The number of rotatable bonds is 10. The molecule has 0 saturated heterocycles. The van der Waals surface area contributed by atoms with Gasteiger partial charge in [-0.1, -0.05) is 26.0 Å². The number of hydrogen-bond acceptors (Lipinski definition) is 4. The molecule has 1 saturated carbocycles. The van der Waals surface area contributed by atoms with Gasteiger partial charge in [-0.25, -0.2) is 0 Å². The van der Waals surface area contributed by atoms with Crippen molar-refractivity contribution >= 4 is 23.5 Å². The monoisotopic (exact) mass is 534 g/mol. The van der Waals surface area contributed by atoms with Crippen molar-refractivity contribution in [1.82, 2.24) is 5.32 Å². The predicted octanol–water partition coefficient (Wildman–Crippen LogP) is 5.66. The lowest BCUT2D eigenvalue weighted by Crippen LogP contribution is -2.35. The van der Waals surface area contributed by atoms with Crippen molar-refractivity contribution in [3.63, 3.8) is 0 Å². The highest BCUT2D eigenvalue weighted by molar-refractivity contribution is 5.94. The number of aliphatic carboxylic acids is 1. The molecular weight excluding hydrogens is 501 g/mol. The summed E-state index contributed by atoms with van der Waals surface area (Å²) in [5.41, 5.74) is 1.63. The molecule has 0 radical (unpaired) electrons. The van der Waals surface area contributed by atoms with Gasteiger partial charge >= 0.3 is 12.3 Å². The Hall–Kier alpha value is -3.56. The van der Waals surface area contributed by atoms with Gasteiger partial charge < -0.3 is 20.5 Å². The maximum absolute atomic E-state index is 13.5. The second kappa shape index (κ2) is 12.8. The number of carbonyl (C=O) groups is 3. The molecule has 2 aromatic carbocycles. The molecular formula is C28H33F3N2O5. The molecule has 0 aromatic heterocycles. The Balaban J connectivity index is 1.72. The van der Waals surface area contributed by atoms with E-state index in [1.807, 2.05) is 0 Å². The zero-order valence-corrected chi connectivity index (χ0v) is 21.4. The van der Waals surface area contributed by atoms with E-state index in [4.69, 9.17) is 5.11 Å². The number of benzene rings is 2. The van der Waals surface area contributed by atoms with E-state index in [1.165, 1.54) is 12.1 Å². The number of anilines is 1. The SMILES string of the molecule is CC1CC(C)CC(C(Cc2ccc(C(=O)NCCC(=O)O)cc2)C(=O)Nc2ccc(OC(F)(F)F)cc2)C1. The molecule has 1 aliphatic rings. The first kappa shape index (κ1) is 29.0. The summed E-state index contributed by atoms with van der Waals surface area (Å²) in [7, 11) is 0. The zero-order chi connectivity index (χ0) is 27.9. The fourth-order valence-corrected chi connectivity index (χ4v) is 5.22. The molecule has 0 aliphatic heterocycles. The lowest BCUT2D eigenvalue weighted by molar-refractivity contribution is -0.274. The largest absolute Gasteiger partial charge is 0.573 e. The standard InChI is InChI=1S/C28H33F3N2O5/c1-17-13-18(2)15-21(14-17)24(27(37)33-22-7-9-23(10-8-22)38-28(29,30)31)16-19-3-5-20(6-4-19)26(36)32-12-11-25(34)35/h3-10,17-18,21,24H,11-16H2,1-2H3,(H,32,36)(H,33,37)(H,34,35). The Labute approximate surface area is 219 Å². The first-order chi connectivity index (χ1) is 17.9. The number of alkyl halides is 3. The van der Waals surface area contributed by atoms with E-state index >= 15 is 0 Å². The summed E-state index contributed by atoms with van der Waals surface area (Å²) in [6, 6.07) is 11.9. The molecule has 3 unspecified atom stereocenters. The molecule has 3 rings (SSSR count). The topological polar surface area (TPSA) is 105 Å².